The minimum Gasteiger partial charge on any atom is -0.316 e. The van der Waals surface area contributed by atoms with E-state index in [-0.39, 0.29) is 5.16 Å². The quantitative estimate of drug-likeness (QED) is 0.578. The van der Waals surface area contributed by atoms with Crippen LogP contribution in [0.15, 0.2) is 41.9 Å². The first-order chi connectivity index (χ1) is 10.6. The molecule has 2 rings (SSSR count). The van der Waals surface area contributed by atoms with Crippen molar-refractivity contribution in [2.24, 2.45) is 0 Å². The summed E-state index contributed by atoms with van der Waals surface area (Å²) in [5, 5.41) is 3.22. The van der Waals surface area contributed by atoms with Crippen LogP contribution in [0.25, 0.3) is 0 Å². The lowest BCUT2D eigenvalue weighted by atomic mass is 10.1. The van der Waals surface area contributed by atoms with Crippen molar-refractivity contribution in [3.8, 4) is 0 Å². The van der Waals surface area contributed by atoms with E-state index < -0.39 is 9.84 Å². The Kier molecular flexibility index (Phi) is 5.97. The van der Waals surface area contributed by atoms with Gasteiger partial charge in [-0.25, -0.2) is 18.4 Å². The van der Waals surface area contributed by atoms with Crippen molar-refractivity contribution in [1.82, 2.24) is 20.3 Å². The van der Waals surface area contributed by atoms with E-state index in [2.05, 4.69) is 26.3 Å². The molecule has 0 spiro atoms. The van der Waals surface area contributed by atoms with Crippen molar-refractivity contribution >= 4 is 9.84 Å². The van der Waals surface area contributed by atoms with Crippen LogP contribution in [0, 0.1) is 0 Å². The number of aromatic nitrogens is 3. The van der Waals surface area contributed by atoms with Crippen molar-refractivity contribution in [3.05, 3.63) is 48.0 Å². The highest BCUT2D eigenvalue weighted by atomic mass is 32.2. The zero-order valence-electron chi connectivity index (χ0n) is 12.6. The van der Waals surface area contributed by atoms with Crippen molar-refractivity contribution in [1.29, 1.82) is 0 Å². The van der Waals surface area contributed by atoms with Crippen LogP contribution in [0.2, 0.25) is 0 Å². The summed E-state index contributed by atoms with van der Waals surface area (Å²) in [6.07, 6.45) is 8.96. The maximum atomic E-state index is 11.4. The number of nitrogens with zero attached hydrogens (tertiary/aromatic N) is 3. The van der Waals surface area contributed by atoms with Crippen LogP contribution >= 0.6 is 0 Å². The second kappa shape index (κ2) is 7.95. The molecular formula is C15H20N4O2S. The Morgan fingerprint density at radius 1 is 1.14 bits per heavy atom. The van der Waals surface area contributed by atoms with E-state index in [0.29, 0.717) is 6.42 Å². The molecular weight excluding hydrogens is 300 g/mol. The van der Waals surface area contributed by atoms with Gasteiger partial charge in [0.15, 0.2) is 0 Å². The minimum absolute atomic E-state index is 0.110. The lowest BCUT2D eigenvalue weighted by Gasteiger charge is -2.05. The van der Waals surface area contributed by atoms with Crippen LogP contribution in [-0.2, 0) is 22.7 Å². The Morgan fingerprint density at radius 2 is 2.00 bits per heavy atom. The number of aryl methyl sites for hydroxylation is 1. The van der Waals surface area contributed by atoms with Gasteiger partial charge in [0.05, 0.1) is 0 Å². The van der Waals surface area contributed by atoms with Gasteiger partial charge in [-0.3, -0.25) is 4.98 Å². The summed E-state index contributed by atoms with van der Waals surface area (Å²) in [6, 6.07) is 5.75. The van der Waals surface area contributed by atoms with Gasteiger partial charge < -0.3 is 5.32 Å². The molecule has 0 unspecified atom stereocenters. The van der Waals surface area contributed by atoms with E-state index in [9.17, 15) is 8.42 Å². The molecule has 0 aliphatic heterocycles. The average Bonchev–Trinajstić information content (AvgIpc) is 2.51. The fourth-order valence-electron chi connectivity index (χ4n) is 2.00. The fourth-order valence-corrected chi connectivity index (χ4v) is 2.53. The van der Waals surface area contributed by atoms with Crippen LogP contribution in [0.4, 0.5) is 0 Å². The summed E-state index contributed by atoms with van der Waals surface area (Å²) in [5.74, 6) is 0. The number of pyridine rings is 1. The molecule has 0 radical (unpaired) electrons. The highest BCUT2D eigenvalue weighted by Crippen LogP contribution is 2.03. The fraction of sp³-hybridized carbons (Fsp3) is 0.400. The zero-order chi connectivity index (χ0) is 15.8. The molecule has 0 saturated heterocycles. The predicted octanol–water partition coefficient (Wildman–Crippen LogP) is 1.04. The van der Waals surface area contributed by atoms with Crippen molar-refractivity contribution in [3.63, 3.8) is 0 Å². The second-order valence-electron chi connectivity index (χ2n) is 5.07. The SMILES string of the molecule is CS(=O)(=O)c1nccc(CCNCCCc2cccnc2)n1. The average molecular weight is 320 g/mol. The highest BCUT2D eigenvalue weighted by Gasteiger charge is 2.10. The summed E-state index contributed by atoms with van der Waals surface area (Å²) >= 11 is 0. The molecule has 2 aromatic rings. The third kappa shape index (κ3) is 5.50. The molecule has 0 fully saturated rings. The van der Waals surface area contributed by atoms with E-state index in [1.54, 1.807) is 12.3 Å². The first kappa shape index (κ1) is 16.5. The van der Waals surface area contributed by atoms with E-state index in [0.717, 1.165) is 37.9 Å². The Bertz CT molecular complexity index is 690. The number of hydrogen-bond donors (Lipinski definition) is 1. The van der Waals surface area contributed by atoms with Crippen LogP contribution in [-0.4, -0.2) is 42.7 Å². The normalized spacial score (nSPS) is 11.5. The molecule has 0 amide bonds. The minimum atomic E-state index is -3.34. The maximum absolute atomic E-state index is 11.4. The topological polar surface area (TPSA) is 84.8 Å². The Labute approximate surface area is 131 Å². The molecule has 2 heterocycles. The third-order valence-corrected chi connectivity index (χ3v) is 3.98. The third-order valence-electron chi connectivity index (χ3n) is 3.12. The molecule has 0 bridgehead atoms. The molecule has 118 valence electrons. The van der Waals surface area contributed by atoms with E-state index in [4.69, 9.17) is 0 Å². The predicted molar refractivity (Wildman–Crippen MR) is 84.3 cm³/mol. The Hall–Kier alpha value is -1.86. The molecule has 0 atom stereocenters. The zero-order valence-corrected chi connectivity index (χ0v) is 13.4. The Morgan fingerprint density at radius 3 is 2.73 bits per heavy atom. The lowest BCUT2D eigenvalue weighted by molar-refractivity contribution is 0.590. The van der Waals surface area contributed by atoms with Crippen molar-refractivity contribution in [2.75, 3.05) is 19.3 Å². The summed E-state index contributed by atoms with van der Waals surface area (Å²) < 4.78 is 22.8. The van der Waals surface area contributed by atoms with Gasteiger partial charge in [0, 0.05) is 43.5 Å². The standard InChI is InChI=1S/C15H20N4O2S/c1-22(20,21)15-18-11-7-14(19-15)6-10-16-8-2-4-13-5-3-9-17-12-13/h3,5,7,9,11-12,16H,2,4,6,8,10H2,1H3. The summed E-state index contributed by atoms with van der Waals surface area (Å²) in [6.45, 7) is 1.66. The molecule has 0 aliphatic rings. The first-order valence-electron chi connectivity index (χ1n) is 7.17. The van der Waals surface area contributed by atoms with Crippen molar-refractivity contribution in [2.45, 2.75) is 24.4 Å². The van der Waals surface area contributed by atoms with Gasteiger partial charge in [-0.15, -0.1) is 0 Å². The summed E-state index contributed by atoms with van der Waals surface area (Å²) in [4.78, 5) is 11.9. The van der Waals surface area contributed by atoms with Gasteiger partial charge in [0.25, 0.3) is 0 Å². The number of nitrogens with one attached hydrogen (secondary N) is 1. The monoisotopic (exact) mass is 320 g/mol. The second-order valence-corrected chi connectivity index (χ2v) is 6.98. The number of hydrogen-bond acceptors (Lipinski definition) is 6. The molecule has 0 aliphatic carbocycles. The highest BCUT2D eigenvalue weighted by molar-refractivity contribution is 7.90. The van der Waals surface area contributed by atoms with Gasteiger partial charge in [0.1, 0.15) is 0 Å². The van der Waals surface area contributed by atoms with Crippen molar-refractivity contribution < 1.29 is 8.42 Å². The van der Waals surface area contributed by atoms with Gasteiger partial charge in [-0.2, -0.15) is 0 Å². The summed E-state index contributed by atoms with van der Waals surface area (Å²) in [5.41, 5.74) is 1.97. The number of rotatable bonds is 8. The first-order valence-corrected chi connectivity index (χ1v) is 9.06. The van der Waals surface area contributed by atoms with Crippen LogP contribution in [0.5, 0.6) is 0 Å². The van der Waals surface area contributed by atoms with Crippen LogP contribution in [0.1, 0.15) is 17.7 Å². The van der Waals surface area contributed by atoms with Gasteiger partial charge in [0.2, 0.25) is 15.0 Å². The molecule has 0 aromatic carbocycles. The maximum Gasteiger partial charge on any atom is 0.246 e. The van der Waals surface area contributed by atoms with E-state index in [1.165, 1.54) is 11.8 Å². The number of sulfone groups is 1. The van der Waals surface area contributed by atoms with Crippen LogP contribution < -0.4 is 5.32 Å². The molecule has 2 aromatic heterocycles. The lowest BCUT2D eigenvalue weighted by Crippen LogP contribution is -2.19. The smallest absolute Gasteiger partial charge is 0.246 e. The molecule has 7 heteroatoms. The van der Waals surface area contributed by atoms with Gasteiger partial charge >= 0.3 is 0 Å². The Balaban J connectivity index is 1.69. The van der Waals surface area contributed by atoms with Crippen LogP contribution in [0.3, 0.4) is 0 Å². The largest absolute Gasteiger partial charge is 0.316 e. The van der Waals surface area contributed by atoms with Gasteiger partial charge in [-0.1, -0.05) is 6.07 Å². The molecule has 1 N–H and O–H groups in total. The van der Waals surface area contributed by atoms with Gasteiger partial charge in [-0.05, 0) is 37.1 Å². The molecule has 22 heavy (non-hydrogen) atoms. The van der Waals surface area contributed by atoms with E-state index in [1.807, 2.05) is 12.3 Å². The molecule has 0 saturated carbocycles. The molecule has 6 nitrogen and oxygen atoms in total. The summed E-state index contributed by atoms with van der Waals surface area (Å²) in [7, 11) is -3.34. The van der Waals surface area contributed by atoms with E-state index >= 15 is 0 Å².